The second kappa shape index (κ2) is 4.12. The van der Waals surface area contributed by atoms with E-state index in [1.54, 1.807) is 6.20 Å². The molecule has 0 aliphatic heterocycles. The monoisotopic (exact) mass is 137 g/mol. The first-order valence-corrected chi connectivity index (χ1v) is 2.82. The van der Waals surface area contributed by atoms with E-state index in [-0.39, 0.29) is 12.4 Å². The first-order valence-electron chi connectivity index (χ1n) is 2.11. The Kier molecular flexibility index (Phi) is 4.23. The van der Waals surface area contributed by atoms with Gasteiger partial charge in [0.15, 0.2) is 0 Å². The summed E-state index contributed by atoms with van der Waals surface area (Å²) in [5, 5.41) is 0. The van der Waals surface area contributed by atoms with Crippen LogP contribution in [0.4, 0.5) is 0 Å². The van der Waals surface area contributed by atoms with Crippen LogP contribution in [-0.2, 0) is 0 Å². The number of pyridine rings is 1. The molecule has 0 atom stereocenters. The summed E-state index contributed by atoms with van der Waals surface area (Å²) in [4.78, 5) is 3.89. The third kappa shape index (κ3) is 2.50. The standard InChI is InChI=1S/C5H4N.ClH.Mg/c1-2-4-6-5-3-1;;/h1-2,4-5H;1H;/q;;+1/p-1. The summed E-state index contributed by atoms with van der Waals surface area (Å²) in [5.41, 5.74) is 0. The topological polar surface area (TPSA) is 12.9 Å². The molecule has 1 heterocycles. The number of halogens is 1. The Hall–Kier alpha value is 0.206. The van der Waals surface area contributed by atoms with E-state index in [0.29, 0.717) is 0 Å². The Morgan fingerprint density at radius 3 is 2.50 bits per heavy atom. The third-order valence-electron chi connectivity index (χ3n) is 0.723. The molecular weight excluding hydrogens is 134 g/mol. The van der Waals surface area contributed by atoms with E-state index in [1.165, 1.54) is 3.69 Å². The molecule has 0 radical (unpaired) electrons. The van der Waals surface area contributed by atoms with Crippen molar-refractivity contribution in [2.45, 2.75) is 0 Å². The van der Waals surface area contributed by atoms with Crippen molar-refractivity contribution in [3.63, 3.8) is 0 Å². The molecule has 1 rings (SSSR count). The van der Waals surface area contributed by atoms with Gasteiger partial charge in [0.1, 0.15) is 0 Å². The van der Waals surface area contributed by atoms with Gasteiger partial charge in [0.2, 0.25) is 0 Å². The molecule has 0 unspecified atom stereocenters. The van der Waals surface area contributed by atoms with Crippen LogP contribution in [0.15, 0.2) is 24.5 Å². The van der Waals surface area contributed by atoms with Gasteiger partial charge < -0.3 is 12.4 Å². The second-order valence-electron chi connectivity index (χ2n) is 1.36. The van der Waals surface area contributed by atoms with Gasteiger partial charge in [-0.05, 0) is 0 Å². The first-order chi connectivity index (χ1) is 3.39. The van der Waals surface area contributed by atoms with Gasteiger partial charge >= 0.3 is 54.9 Å². The van der Waals surface area contributed by atoms with Crippen LogP contribution in [0.3, 0.4) is 0 Å². The molecule has 8 heavy (non-hydrogen) atoms. The van der Waals surface area contributed by atoms with Crippen molar-refractivity contribution in [1.29, 1.82) is 0 Å². The number of aromatic nitrogens is 1. The van der Waals surface area contributed by atoms with Crippen molar-refractivity contribution in [3.05, 3.63) is 24.5 Å². The number of hydrogen-bond donors (Lipinski definition) is 0. The summed E-state index contributed by atoms with van der Waals surface area (Å²) in [6.45, 7) is 0. The molecule has 0 saturated carbocycles. The minimum absolute atomic E-state index is 0. The van der Waals surface area contributed by atoms with Crippen molar-refractivity contribution in [1.82, 2.24) is 4.98 Å². The van der Waals surface area contributed by atoms with Gasteiger partial charge in [-0.25, -0.2) is 0 Å². The zero-order chi connectivity index (χ0) is 5.11. The molecule has 3 heteroatoms. The molecule has 1 nitrogen and oxygen atoms in total. The van der Waals surface area contributed by atoms with Crippen molar-refractivity contribution < 1.29 is 12.4 Å². The molecule has 0 aliphatic rings. The molecule has 0 bridgehead atoms. The first kappa shape index (κ1) is 8.21. The van der Waals surface area contributed by atoms with Crippen molar-refractivity contribution in [3.8, 4) is 0 Å². The molecule has 0 aliphatic carbocycles. The molecule has 38 valence electrons. The van der Waals surface area contributed by atoms with E-state index in [9.17, 15) is 0 Å². The second-order valence-corrected chi connectivity index (χ2v) is 2.18. The predicted octanol–water partition coefficient (Wildman–Crippen LogP) is -3.12. The molecular formula is C5H4ClMgN. The fourth-order valence-electron chi connectivity index (χ4n) is 0.398. The van der Waals surface area contributed by atoms with Crippen molar-refractivity contribution >= 4 is 25.4 Å². The fourth-order valence-corrected chi connectivity index (χ4v) is 0.640. The van der Waals surface area contributed by atoms with E-state index in [4.69, 9.17) is 0 Å². The van der Waals surface area contributed by atoms with Crippen LogP contribution in [0.25, 0.3) is 0 Å². The Morgan fingerprint density at radius 1 is 1.50 bits per heavy atom. The Morgan fingerprint density at radius 2 is 2.25 bits per heavy atom. The van der Waals surface area contributed by atoms with Gasteiger partial charge in [0.25, 0.3) is 0 Å². The third-order valence-corrected chi connectivity index (χ3v) is 1.14. The van der Waals surface area contributed by atoms with Crippen LogP contribution in [0.5, 0.6) is 0 Å². The van der Waals surface area contributed by atoms with Crippen LogP contribution in [-0.4, -0.2) is 26.7 Å². The molecule has 0 amide bonds. The van der Waals surface area contributed by atoms with Crippen LogP contribution < -0.4 is 16.1 Å². The molecule has 1 aromatic rings. The van der Waals surface area contributed by atoms with Crippen LogP contribution >= 0.6 is 0 Å². The fraction of sp³-hybridized carbons (Fsp3) is 0. The summed E-state index contributed by atoms with van der Waals surface area (Å²) in [6, 6.07) is 3.97. The maximum absolute atomic E-state index is 3.89. The zero-order valence-electron chi connectivity index (χ0n) is 4.34. The average Bonchev–Trinajstić information content (AvgIpc) is 1.69. The number of hydrogen-bond acceptors (Lipinski definition) is 1. The Bertz CT molecular complexity index is 142. The van der Waals surface area contributed by atoms with Crippen molar-refractivity contribution in [2.24, 2.45) is 0 Å². The van der Waals surface area contributed by atoms with Crippen LogP contribution in [0.2, 0.25) is 0 Å². The normalized spacial score (nSPS) is 7.75. The average molecular weight is 138 g/mol. The van der Waals surface area contributed by atoms with Crippen LogP contribution in [0.1, 0.15) is 0 Å². The van der Waals surface area contributed by atoms with Crippen molar-refractivity contribution in [2.75, 3.05) is 0 Å². The predicted molar refractivity (Wildman–Crippen MR) is 29.6 cm³/mol. The summed E-state index contributed by atoms with van der Waals surface area (Å²) in [5.74, 6) is 0. The molecule has 0 spiro atoms. The van der Waals surface area contributed by atoms with Gasteiger partial charge in [0.05, 0.1) is 0 Å². The Balaban J connectivity index is 0.000000490. The zero-order valence-corrected chi connectivity index (χ0v) is 6.51. The van der Waals surface area contributed by atoms with E-state index in [1.807, 2.05) is 40.0 Å². The number of nitrogens with zero attached hydrogens (tertiary/aromatic N) is 1. The van der Waals surface area contributed by atoms with Gasteiger partial charge in [-0.1, -0.05) is 0 Å². The van der Waals surface area contributed by atoms with Crippen LogP contribution in [0, 0.1) is 0 Å². The van der Waals surface area contributed by atoms with E-state index >= 15 is 0 Å². The van der Waals surface area contributed by atoms with Gasteiger partial charge in [0, 0.05) is 0 Å². The minimum atomic E-state index is 0. The van der Waals surface area contributed by atoms with Gasteiger partial charge in [-0.2, -0.15) is 0 Å². The summed E-state index contributed by atoms with van der Waals surface area (Å²) < 4.78 is 1.24. The van der Waals surface area contributed by atoms with Gasteiger partial charge in [-0.3, -0.25) is 0 Å². The maximum atomic E-state index is 3.89. The van der Waals surface area contributed by atoms with E-state index in [2.05, 4.69) is 4.98 Å². The molecule has 0 fully saturated rings. The molecule has 0 N–H and O–H groups in total. The molecule has 0 saturated heterocycles. The summed E-state index contributed by atoms with van der Waals surface area (Å²) in [6.07, 6.45) is 3.62. The summed E-state index contributed by atoms with van der Waals surface area (Å²) in [7, 11) is 0. The van der Waals surface area contributed by atoms with E-state index in [0.717, 1.165) is 0 Å². The molecule has 1 aromatic heterocycles. The quantitative estimate of drug-likeness (QED) is 0.345. The van der Waals surface area contributed by atoms with Gasteiger partial charge in [-0.15, -0.1) is 0 Å². The number of rotatable bonds is 0. The Labute approximate surface area is 67.4 Å². The summed E-state index contributed by atoms with van der Waals surface area (Å²) >= 11 is 1.84. The SMILES string of the molecule is [Cl-].[Mg+][c]1cccnc1. The molecule has 0 aromatic carbocycles. The van der Waals surface area contributed by atoms with E-state index < -0.39 is 0 Å².